The minimum atomic E-state index is -5.19. The number of hydrogen-bond acceptors (Lipinski definition) is 10. The second kappa shape index (κ2) is 13.9. The maximum atomic E-state index is 13.7. The van der Waals surface area contributed by atoms with Crippen LogP contribution < -0.4 is 29.9 Å². The summed E-state index contributed by atoms with van der Waals surface area (Å²) in [5.74, 6) is -1.55. The minimum absolute atomic E-state index is 0.0314. The topological polar surface area (TPSA) is 148 Å². The summed E-state index contributed by atoms with van der Waals surface area (Å²) in [6, 6.07) is 7.56. The Bertz CT molecular complexity index is 1510. The maximum absolute atomic E-state index is 13.7. The van der Waals surface area contributed by atoms with Gasteiger partial charge in [0.05, 0.1) is 26.0 Å². The zero-order valence-corrected chi connectivity index (χ0v) is 25.9. The number of nitrogen functional groups attached to an aromatic ring is 1. The molecule has 1 aliphatic heterocycles. The summed E-state index contributed by atoms with van der Waals surface area (Å²) in [5.41, 5.74) is 9.11. The molecule has 0 amide bonds. The van der Waals surface area contributed by atoms with Gasteiger partial charge in [0.15, 0.2) is 6.54 Å². The number of alkyl halides is 3. The highest BCUT2D eigenvalue weighted by Crippen LogP contribution is 2.40. The van der Waals surface area contributed by atoms with Crippen molar-refractivity contribution in [2.24, 2.45) is 0 Å². The number of carbonyl (C=O) groups excluding carboxylic acids is 2. The normalized spacial score (nSPS) is 16.2. The fourth-order valence-corrected chi connectivity index (χ4v) is 5.33. The first-order valence-corrected chi connectivity index (χ1v) is 14.8. The van der Waals surface area contributed by atoms with E-state index in [2.05, 4.69) is 35.9 Å². The van der Waals surface area contributed by atoms with Crippen LogP contribution in [0.15, 0.2) is 24.3 Å². The van der Waals surface area contributed by atoms with Gasteiger partial charge in [-0.3, -0.25) is 4.79 Å². The third-order valence-corrected chi connectivity index (χ3v) is 7.61. The Morgan fingerprint density at radius 3 is 2.33 bits per heavy atom. The van der Waals surface area contributed by atoms with Gasteiger partial charge in [0.2, 0.25) is 5.78 Å². The number of nitrogens with zero attached hydrogens (tertiary/aromatic N) is 5. The Kier molecular flexibility index (Phi) is 10.4. The van der Waals surface area contributed by atoms with E-state index in [9.17, 15) is 18.0 Å². The predicted octanol–water partition coefficient (Wildman–Crippen LogP) is 2.63. The molecule has 2 fully saturated rings. The van der Waals surface area contributed by atoms with Gasteiger partial charge in [-0.15, -0.1) is 4.68 Å². The quantitative estimate of drug-likeness (QED) is 0.303. The van der Waals surface area contributed by atoms with Gasteiger partial charge in [-0.05, 0) is 53.4 Å². The molecule has 3 aromatic rings. The Balaban J connectivity index is 0.000000591. The van der Waals surface area contributed by atoms with E-state index in [1.165, 1.54) is 19.3 Å². The van der Waals surface area contributed by atoms with E-state index < -0.39 is 12.1 Å². The van der Waals surface area contributed by atoms with Crippen LogP contribution in [0.5, 0.6) is 11.6 Å². The molecule has 246 valence electrons. The van der Waals surface area contributed by atoms with E-state index >= 15 is 0 Å². The lowest BCUT2D eigenvalue weighted by molar-refractivity contribution is -0.714. The zero-order valence-electron chi connectivity index (χ0n) is 25.9. The highest BCUT2D eigenvalue weighted by molar-refractivity contribution is 5.97. The molecular weight excluding hydrogens is 597 g/mol. The van der Waals surface area contributed by atoms with E-state index in [0.717, 1.165) is 42.9 Å². The fourth-order valence-electron chi connectivity index (χ4n) is 5.33. The summed E-state index contributed by atoms with van der Waals surface area (Å²) in [5, 5.41) is 17.8. The number of benzene rings is 1. The van der Waals surface area contributed by atoms with E-state index in [1.54, 1.807) is 16.3 Å². The first-order valence-electron chi connectivity index (χ1n) is 14.8. The molecule has 1 saturated carbocycles. The molecule has 0 bridgehead atoms. The second-order valence-electron chi connectivity index (χ2n) is 12.0. The molecule has 12 nitrogen and oxygen atoms in total. The van der Waals surface area contributed by atoms with E-state index in [4.69, 9.17) is 29.8 Å². The van der Waals surface area contributed by atoms with E-state index in [1.807, 2.05) is 24.3 Å². The Labute approximate surface area is 258 Å². The molecule has 1 aliphatic carbocycles. The van der Waals surface area contributed by atoms with Gasteiger partial charge in [0, 0.05) is 36.3 Å². The molecule has 0 spiro atoms. The molecular formula is C30H39F3N6O6. The van der Waals surface area contributed by atoms with Crippen molar-refractivity contribution in [1.82, 2.24) is 14.7 Å². The molecule has 2 aromatic heterocycles. The largest absolute Gasteiger partial charge is 0.542 e. The number of halogens is 3. The number of methoxy groups -OCH3 is 1. The standard InChI is InChI=1S/C28H39N6O4.C2HF3O2/c1-28(2,3)21-16-19(17-22(26(21)36-4)32-12-14-37-15-13-32)23(35)18-33-25-11-10-24(30-34(25)27(29)31-33)38-20-8-6-5-7-9-20;3-2(4,5)1(6)7/h10-11,16-17,20H,5-9,12-15,18H2,1-4H3,(H2,29,31);(H,6,7)/q+1;/p-1. The van der Waals surface area contributed by atoms with Crippen molar-refractivity contribution < 1.29 is 46.8 Å². The molecule has 2 aliphatic rings. The number of hydrogen-bond donors (Lipinski definition) is 1. The van der Waals surface area contributed by atoms with Crippen LogP contribution in [0.25, 0.3) is 5.65 Å². The molecule has 5 rings (SSSR count). The van der Waals surface area contributed by atoms with Crippen LogP contribution in [0.1, 0.15) is 68.8 Å². The highest BCUT2D eigenvalue weighted by atomic mass is 19.4. The number of aliphatic carboxylic acids is 1. The summed E-state index contributed by atoms with van der Waals surface area (Å²) >= 11 is 0. The van der Waals surface area contributed by atoms with Crippen molar-refractivity contribution in [2.45, 2.75) is 77.1 Å². The predicted molar refractivity (Wildman–Crippen MR) is 155 cm³/mol. The molecule has 3 heterocycles. The SMILES string of the molecule is COc1c(N2CCOCC2)cc(C(=O)C[n+]2nc(N)n3nc(OC4CCCCC4)ccc32)cc1C(C)(C)C.O=C([O-])C(F)(F)F. The lowest BCUT2D eigenvalue weighted by Gasteiger charge is -2.33. The number of fused-ring (bicyclic) bond motifs is 1. The molecule has 0 unspecified atom stereocenters. The van der Waals surface area contributed by atoms with Crippen LogP contribution in [0.4, 0.5) is 24.8 Å². The van der Waals surface area contributed by atoms with E-state index in [0.29, 0.717) is 30.3 Å². The van der Waals surface area contributed by atoms with E-state index in [-0.39, 0.29) is 29.8 Å². The molecule has 2 N–H and O–H groups in total. The number of ketones is 1. The van der Waals surface area contributed by atoms with Crippen molar-refractivity contribution in [3.8, 4) is 11.6 Å². The van der Waals surface area contributed by atoms with Crippen molar-refractivity contribution in [3.63, 3.8) is 0 Å². The Morgan fingerprint density at radius 2 is 1.76 bits per heavy atom. The average Bonchev–Trinajstić information content (AvgIpc) is 3.30. The van der Waals surface area contributed by atoms with Gasteiger partial charge in [-0.1, -0.05) is 31.7 Å². The minimum Gasteiger partial charge on any atom is -0.542 e. The number of anilines is 2. The van der Waals surface area contributed by atoms with Gasteiger partial charge >= 0.3 is 17.8 Å². The molecule has 1 aromatic carbocycles. The third-order valence-electron chi connectivity index (χ3n) is 7.61. The smallest absolute Gasteiger partial charge is 0.430 e. The van der Waals surface area contributed by atoms with Gasteiger partial charge < -0.3 is 34.7 Å². The lowest BCUT2D eigenvalue weighted by Crippen LogP contribution is -2.41. The summed E-state index contributed by atoms with van der Waals surface area (Å²) in [4.78, 5) is 24.7. The van der Waals surface area contributed by atoms with Crippen molar-refractivity contribution in [2.75, 3.05) is 44.0 Å². The number of ether oxygens (including phenoxy) is 3. The average molecular weight is 637 g/mol. The molecule has 0 atom stereocenters. The van der Waals surface area contributed by atoms with Crippen molar-refractivity contribution in [1.29, 1.82) is 0 Å². The van der Waals surface area contributed by atoms with Crippen molar-refractivity contribution in [3.05, 3.63) is 35.4 Å². The zero-order chi connectivity index (χ0) is 32.9. The highest BCUT2D eigenvalue weighted by Gasteiger charge is 2.30. The third kappa shape index (κ3) is 8.32. The summed E-state index contributed by atoms with van der Waals surface area (Å²) in [7, 11) is 1.69. The summed E-state index contributed by atoms with van der Waals surface area (Å²) in [6.07, 6.45) is 0.681. The number of carboxylic acid groups (broad SMARTS) is 1. The number of rotatable bonds is 7. The van der Waals surface area contributed by atoms with Crippen molar-refractivity contribution >= 4 is 29.0 Å². The monoisotopic (exact) mass is 636 g/mol. The number of morpholine rings is 1. The summed E-state index contributed by atoms with van der Waals surface area (Å²) < 4.78 is 52.2. The van der Waals surface area contributed by atoms with Gasteiger partial charge in [-0.2, -0.15) is 13.2 Å². The fraction of sp³-hybridized carbons (Fsp3) is 0.567. The van der Waals surface area contributed by atoms with Crippen LogP contribution >= 0.6 is 0 Å². The van der Waals surface area contributed by atoms with Gasteiger partial charge in [-0.25, -0.2) is 0 Å². The number of aromatic nitrogens is 4. The lowest BCUT2D eigenvalue weighted by atomic mass is 9.84. The number of carboxylic acids is 1. The number of Topliss-reactive ketones (excluding diaryl/α,β-unsaturated/α-hetero) is 1. The number of nitrogens with two attached hydrogens (primary N) is 1. The Hall–Kier alpha value is -4.14. The number of carbonyl (C=O) groups is 2. The van der Waals surface area contributed by atoms with Gasteiger partial charge in [0.25, 0.3) is 5.88 Å². The summed E-state index contributed by atoms with van der Waals surface area (Å²) in [6.45, 7) is 9.17. The first-order chi connectivity index (χ1) is 21.2. The maximum Gasteiger partial charge on any atom is 0.430 e. The molecule has 1 saturated heterocycles. The molecule has 15 heteroatoms. The van der Waals surface area contributed by atoms with Crippen LogP contribution in [-0.2, 0) is 21.5 Å². The van der Waals surface area contributed by atoms with Gasteiger partial charge in [0.1, 0.15) is 17.8 Å². The van der Waals surface area contributed by atoms with Crippen LogP contribution in [-0.4, -0.2) is 72.2 Å². The Morgan fingerprint density at radius 1 is 1.11 bits per heavy atom. The van der Waals surface area contributed by atoms with Crippen LogP contribution in [0.2, 0.25) is 0 Å². The first kappa shape index (κ1) is 33.7. The van der Waals surface area contributed by atoms with Crippen LogP contribution in [0.3, 0.4) is 0 Å². The van der Waals surface area contributed by atoms with Crippen LogP contribution in [0, 0.1) is 0 Å². The molecule has 0 radical (unpaired) electrons. The second-order valence-corrected chi connectivity index (χ2v) is 12.0. The molecule has 45 heavy (non-hydrogen) atoms.